The average molecular weight is 947 g/mol. The van der Waals surface area contributed by atoms with Crippen molar-refractivity contribution in [2.24, 2.45) is 23.7 Å². The highest BCUT2D eigenvalue weighted by Crippen LogP contribution is 2.65. The van der Waals surface area contributed by atoms with E-state index in [1.807, 2.05) is 24.3 Å². The van der Waals surface area contributed by atoms with Gasteiger partial charge < -0.3 is 9.84 Å². The molecule has 304 valence electrons. The fourth-order valence-corrected chi connectivity index (χ4v) is 11.6. The number of hydrazine groups is 1. The van der Waals surface area contributed by atoms with Crippen LogP contribution in [-0.4, -0.2) is 69.8 Å². The Bertz CT molecular complexity index is 2390. The first-order valence-electron chi connectivity index (χ1n) is 19.7. The van der Waals surface area contributed by atoms with E-state index in [9.17, 15) is 19.1 Å². The Morgan fingerprint density at radius 2 is 1.59 bits per heavy atom. The molecule has 6 unspecified atom stereocenters. The molecule has 0 bridgehead atoms. The number of halogens is 4. The van der Waals surface area contributed by atoms with Crippen LogP contribution in [0.15, 0.2) is 106 Å². The normalized spacial score (nSPS) is 27.1. The van der Waals surface area contributed by atoms with E-state index in [4.69, 9.17) is 16.3 Å². The van der Waals surface area contributed by atoms with Gasteiger partial charge in [0.25, 0.3) is 11.8 Å². The van der Waals surface area contributed by atoms with Gasteiger partial charge in [-0.05, 0) is 123 Å². The van der Waals surface area contributed by atoms with Crippen molar-refractivity contribution in [1.29, 1.82) is 0 Å². The summed E-state index contributed by atoms with van der Waals surface area (Å²) in [5, 5.41) is 12.5. The van der Waals surface area contributed by atoms with Gasteiger partial charge in [-0.3, -0.25) is 34.4 Å². The Kier molecular flexibility index (Phi) is 10.5. The molecular formula is C45H40Br2ClFN4O6. The molecule has 3 saturated heterocycles. The number of phenolic OH excluding ortho intramolecular Hbond substituents is 1. The van der Waals surface area contributed by atoms with Crippen molar-refractivity contribution in [2.45, 2.75) is 49.6 Å². The Morgan fingerprint density at radius 1 is 0.898 bits per heavy atom. The van der Waals surface area contributed by atoms with Crippen LogP contribution in [0.25, 0.3) is 0 Å². The molecule has 3 aliphatic heterocycles. The van der Waals surface area contributed by atoms with Crippen LogP contribution >= 0.6 is 43.5 Å². The van der Waals surface area contributed by atoms with Crippen molar-refractivity contribution in [3.63, 3.8) is 0 Å². The highest BCUT2D eigenvalue weighted by Gasteiger charge is 2.71. The van der Waals surface area contributed by atoms with Crippen molar-refractivity contribution in [3.8, 4) is 11.5 Å². The highest BCUT2D eigenvalue weighted by atomic mass is 79.9. The molecule has 10 nitrogen and oxygen atoms in total. The van der Waals surface area contributed by atoms with Crippen molar-refractivity contribution in [1.82, 2.24) is 14.8 Å². The molecule has 5 aliphatic rings. The summed E-state index contributed by atoms with van der Waals surface area (Å²) in [5.74, 6) is -5.91. The van der Waals surface area contributed by atoms with Gasteiger partial charge in [0.15, 0.2) is 11.5 Å². The van der Waals surface area contributed by atoms with Gasteiger partial charge in [-0.25, -0.2) is 4.39 Å². The molecule has 4 aromatic rings. The van der Waals surface area contributed by atoms with Gasteiger partial charge in [0.2, 0.25) is 11.8 Å². The van der Waals surface area contributed by atoms with Crippen LogP contribution < -0.4 is 10.2 Å². The second-order valence-electron chi connectivity index (χ2n) is 16.1. The molecule has 0 radical (unpaired) electrons. The molecule has 0 spiro atoms. The number of imide groups is 2. The van der Waals surface area contributed by atoms with E-state index in [0.717, 1.165) is 30.2 Å². The number of hydrogen-bond donors (Lipinski definition) is 2. The molecule has 0 aromatic heterocycles. The Morgan fingerprint density at radius 3 is 2.27 bits per heavy atom. The minimum atomic E-state index is -1.61. The van der Waals surface area contributed by atoms with Crippen LogP contribution in [0.1, 0.15) is 48.3 Å². The molecule has 6 atom stereocenters. The average Bonchev–Trinajstić information content (AvgIpc) is 3.62. The van der Waals surface area contributed by atoms with Crippen molar-refractivity contribution in [2.75, 3.05) is 25.6 Å². The van der Waals surface area contributed by atoms with Gasteiger partial charge in [-0.1, -0.05) is 65.7 Å². The minimum absolute atomic E-state index is 0.106. The summed E-state index contributed by atoms with van der Waals surface area (Å²) >= 11 is 13.7. The van der Waals surface area contributed by atoms with Gasteiger partial charge in [-0.15, -0.1) is 0 Å². The summed E-state index contributed by atoms with van der Waals surface area (Å²) in [5.41, 5.74) is 4.71. The van der Waals surface area contributed by atoms with Crippen LogP contribution in [0.5, 0.6) is 11.5 Å². The molecule has 3 heterocycles. The largest absolute Gasteiger partial charge is 0.503 e. The van der Waals surface area contributed by atoms with Gasteiger partial charge in [0.05, 0.1) is 40.4 Å². The maximum absolute atomic E-state index is 15.5. The predicted octanol–water partition coefficient (Wildman–Crippen LogP) is 8.37. The molecule has 4 fully saturated rings. The van der Waals surface area contributed by atoms with Crippen molar-refractivity contribution >= 4 is 72.8 Å². The first kappa shape index (κ1) is 39.9. The first-order valence-corrected chi connectivity index (χ1v) is 21.6. The van der Waals surface area contributed by atoms with Gasteiger partial charge >= 0.3 is 0 Å². The SMILES string of the molecule is COc1cc(C2C3=CCC4C(=O)N(C5CCN(Cc6ccccc6)CC5)C(=O)C4C3CC3C(=O)N(Nc4ccc(F)cc4)C(=O)C32c2ccc(Cl)cc2)c(Br)c(Br)c1O. The van der Waals surface area contributed by atoms with Gasteiger partial charge in [-0.2, -0.15) is 5.01 Å². The summed E-state index contributed by atoms with van der Waals surface area (Å²) in [6, 6.07) is 23.8. The molecule has 4 amide bonds. The van der Waals surface area contributed by atoms with Crippen molar-refractivity contribution < 1.29 is 33.4 Å². The molecule has 1 saturated carbocycles. The topological polar surface area (TPSA) is 119 Å². The fraction of sp³-hybridized carbons (Fsp3) is 0.333. The van der Waals surface area contributed by atoms with Gasteiger partial charge in [0, 0.05) is 41.1 Å². The lowest BCUT2D eigenvalue weighted by Gasteiger charge is -2.51. The van der Waals surface area contributed by atoms with Crippen LogP contribution in [0.3, 0.4) is 0 Å². The number of allylic oxidation sites excluding steroid dienone is 2. The number of aromatic hydroxyl groups is 1. The number of benzene rings is 4. The van der Waals surface area contributed by atoms with E-state index in [0.29, 0.717) is 39.2 Å². The number of hydrogen-bond acceptors (Lipinski definition) is 8. The number of phenols is 1. The summed E-state index contributed by atoms with van der Waals surface area (Å²) in [7, 11) is 1.42. The summed E-state index contributed by atoms with van der Waals surface area (Å²) in [4.78, 5) is 63.8. The van der Waals surface area contributed by atoms with Gasteiger partial charge in [0.1, 0.15) is 5.82 Å². The first-order chi connectivity index (χ1) is 28.4. The Hall–Kier alpha value is -4.56. The lowest BCUT2D eigenvalue weighted by Crippen LogP contribution is -2.53. The number of rotatable bonds is 8. The van der Waals surface area contributed by atoms with E-state index < -0.39 is 52.6 Å². The van der Waals surface area contributed by atoms with E-state index in [-0.39, 0.29) is 46.7 Å². The second-order valence-corrected chi connectivity index (χ2v) is 18.1. The molecule has 2 N–H and O–H groups in total. The number of amides is 4. The Balaban J connectivity index is 1.15. The summed E-state index contributed by atoms with van der Waals surface area (Å²) in [6.45, 7) is 2.28. The summed E-state index contributed by atoms with van der Waals surface area (Å²) < 4.78 is 20.4. The maximum Gasteiger partial charge on any atom is 0.260 e. The minimum Gasteiger partial charge on any atom is -0.503 e. The second kappa shape index (κ2) is 15.5. The molecule has 4 aromatic carbocycles. The molecule has 59 heavy (non-hydrogen) atoms. The number of fused-ring (bicyclic) bond motifs is 4. The van der Waals surface area contributed by atoms with E-state index in [1.165, 1.54) is 41.8 Å². The number of carbonyl (C=O) groups excluding carboxylic acids is 4. The number of nitrogens with one attached hydrogen (secondary N) is 1. The monoisotopic (exact) mass is 944 g/mol. The Labute approximate surface area is 362 Å². The van der Waals surface area contributed by atoms with Crippen LogP contribution in [0.2, 0.25) is 5.02 Å². The molecule has 9 rings (SSSR count). The number of ether oxygens (including phenoxy) is 1. The number of methoxy groups -OCH3 is 1. The zero-order valence-electron chi connectivity index (χ0n) is 31.9. The number of piperidine rings is 1. The standard InChI is InChI=1S/C45H40Br2ClFN4O6/c1-59-35-22-33(38(46)39(47)40(35)54)37-30-15-16-31-36(43(57)52(41(31)55)29-17-19-51(20-18-29)23-24-5-3-2-4-6-24)32(30)21-34-42(56)53(50-28-13-11-27(49)12-14-28)44(58)45(34,37)25-7-9-26(48)10-8-25/h2-15,22,29,31-32,34,36-37,50,54H,16-21,23H2,1H3. The van der Waals surface area contributed by atoms with E-state index in [2.05, 4.69) is 54.3 Å². The molecule has 2 aliphatic carbocycles. The van der Waals surface area contributed by atoms with Crippen LogP contribution in [0.4, 0.5) is 10.1 Å². The quantitative estimate of drug-likeness (QED) is 0.134. The number of carbonyl (C=O) groups is 4. The lowest BCUT2D eigenvalue weighted by atomic mass is 9.49. The van der Waals surface area contributed by atoms with E-state index in [1.54, 1.807) is 30.3 Å². The lowest BCUT2D eigenvalue weighted by molar-refractivity contribution is -0.144. The third kappa shape index (κ3) is 6.42. The highest BCUT2D eigenvalue weighted by molar-refractivity contribution is 9.13. The third-order valence-electron chi connectivity index (χ3n) is 13.2. The molecular weight excluding hydrogens is 907 g/mol. The zero-order valence-corrected chi connectivity index (χ0v) is 35.8. The maximum atomic E-state index is 15.5. The third-order valence-corrected chi connectivity index (χ3v) is 15.6. The fourth-order valence-electron chi connectivity index (χ4n) is 10.5. The van der Waals surface area contributed by atoms with Crippen molar-refractivity contribution in [3.05, 3.63) is 133 Å². The smallest absolute Gasteiger partial charge is 0.260 e. The summed E-state index contributed by atoms with van der Waals surface area (Å²) in [6.07, 6.45) is 3.69. The number of nitrogens with zero attached hydrogens (tertiary/aromatic N) is 3. The van der Waals surface area contributed by atoms with E-state index >= 15 is 9.59 Å². The predicted molar refractivity (Wildman–Crippen MR) is 226 cm³/mol. The van der Waals surface area contributed by atoms with Crippen LogP contribution in [-0.2, 0) is 31.1 Å². The molecule has 14 heteroatoms. The zero-order chi connectivity index (χ0) is 41.3. The number of anilines is 1. The van der Waals surface area contributed by atoms with Crippen LogP contribution in [0, 0.1) is 29.5 Å². The number of likely N-dealkylation sites (tertiary alicyclic amines) is 2.